The highest BCUT2D eigenvalue weighted by Gasteiger charge is 2.50. The van der Waals surface area contributed by atoms with E-state index in [-0.39, 0.29) is 0 Å². The Bertz CT molecular complexity index is 175. The summed E-state index contributed by atoms with van der Waals surface area (Å²) in [7, 11) is 0. The molecule has 1 fully saturated rings. The van der Waals surface area contributed by atoms with E-state index < -0.39 is 36.0 Å². The Balaban J connectivity index is 2.71. The predicted molar refractivity (Wildman–Crippen MR) is 35.2 cm³/mol. The average molecular weight is 185 g/mol. The molecule has 0 spiro atoms. The normalized spacial score (nSPS) is 44.3. The molecule has 1 aliphatic rings. The number of hydrogen-bond acceptors (Lipinski definition) is 1. The average Bonchev–Trinajstić information content (AvgIpc) is 2.09. The minimum Gasteiger partial charge on any atom is -0.480 e. The van der Waals surface area contributed by atoms with Crippen LogP contribution in [0.2, 0.25) is 0 Å². The highest BCUT2D eigenvalue weighted by atomic mass is 35.5. The zero-order chi connectivity index (χ0) is 8.65. The van der Waals surface area contributed by atoms with Gasteiger partial charge in [0, 0.05) is 12.8 Å². The predicted octanol–water partition coefficient (Wildman–Crippen LogP) is 1.52. The highest BCUT2D eigenvalue weighted by Crippen LogP contribution is 2.39. The van der Waals surface area contributed by atoms with Gasteiger partial charge in [0.25, 0.3) is 0 Å². The molecular weight excluding hydrogens is 178 g/mol. The van der Waals surface area contributed by atoms with Crippen molar-refractivity contribution < 1.29 is 18.7 Å². The lowest BCUT2D eigenvalue weighted by Crippen LogP contribution is -2.29. The van der Waals surface area contributed by atoms with Crippen LogP contribution in [0.5, 0.6) is 0 Å². The number of hydrogen-bond donors (Lipinski definition) is 1. The van der Waals surface area contributed by atoms with Crippen molar-refractivity contribution in [2.45, 2.75) is 30.1 Å². The van der Waals surface area contributed by atoms with Gasteiger partial charge in [-0.3, -0.25) is 4.79 Å². The number of rotatable bonds is 1. The van der Waals surface area contributed by atoms with Gasteiger partial charge in [0.05, 0.1) is 0 Å². The molecule has 2 unspecified atom stereocenters. The lowest BCUT2D eigenvalue weighted by atomic mass is 10.1. The van der Waals surface area contributed by atoms with E-state index in [9.17, 15) is 13.6 Å². The van der Waals surface area contributed by atoms with Crippen molar-refractivity contribution in [1.82, 2.24) is 0 Å². The van der Waals surface area contributed by atoms with Crippen molar-refractivity contribution in [1.29, 1.82) is 0 Å². The van der Waals surface area contributed by atoms with E-state index in [0.29, 0.717) is 0 Å². The third-order valence-electron chi connectivity index (χ3n) is 1.81. The van der Waals surface area contributed by atoms with Crippen LogP contribution in [0.1, 0.15) is 12.8 Å². The van der Waals surface area contributed by atoms with Gasteiger partial charge in [0.15, 0.2) is 0 Å². The molecule has 0 aromatic heterocycles. The minimum absolute atomic E-state index is 0.439. The highest BCUT2D eigenvalue weighted by molar-refractivity contribution is 6.34. The van der Waals surface area contributed by atoms with Gasteiger partial charge in [-0.2, -0.15) is 0 Å². The maximum absolute atomic E-state index is 12.4. The second-order valence-corrected chi connectivity index (χ2v) is 3.43. The zero-order valence-electron chi connectivity index (χ0n) is 5.56. The van der Waals surface area contributed by atoms with E-state index >= 15 is 0 Å². The number of carbonyl (C=O) groups is 1. The molecular formula is C6H7ClF2O2. The summed E-state index contributed by atoms with van der Waals surface area (Å²) in [5.41, 5.74) is 0. The van der Waals surface area contributed by atoms with Crippen LogP contribution in [0, 0.1) is 0 Å². The monoisotopic (exact) mass is 184 g/mol. The van der Waals surface area contributed by atoms with Crippen molar-refractivity contribution >= 4 is 17.6 Å². The van der Waals surface area contributed by atoms with Crippen LogP contribution in [-0.4, -0.2) is 28.3 Å². The molecule has 0 aromatic rings. The molecule has 11 heavy (non-hydrogen) atoms. The molecule has 64 valence electrons. The molecule has 0 aliphatic heterocycles. The number of aliphatic carboxylic acids is 1. The van der Waals surface area contributed by atoms with Crippen LogP contribution in [0.4, 0.5) is 8.78 Å². The van der Waals surface area contributed by atoms with Crippen molar-refractivity contribution in [2.75, 3.05) is 0 Å². The summed E-state index contributed by atoms with van der Waals surface area (Å²) in [6, 6.07) is 0. The lowest BCUT2D eigenvalue weighted by molar-refractivity contribution is -0.140. The van der Waals surface area contributed by atoms with E-state index in [1.165, 1.54) is 0 Å². The Morgan fingerprint density at radius 1 is 1.45 bits per heavy atom. The van der Waals surface area contributed by atoms with Crippen LogP contribution >= 0.6 is 11.6 Å². The van der Waals surface area contributed by atoms with Crippen molar-refractivity contribution in [3.05, 3.63) is 0 Å². The van der Waals surface area contributed by atoms with Crippen molar-refractivity contribution in [3.8, 4) is 0 Å². The molecule has 0 radical (unpaired) electrons. The summed E-state index contributed by atoms with van der Waals surface area (Å²) in [6.07, 6.45) is -4.34. The first-order valence-corrected chi connectivity index (χ1v) is 3.54. The number of carboxylic acids is 1. The van der Waals surface area contributed by atoms with Crippen molar-refractivity contribution in [3.63, 3.8) is 0 Å². The summed E-state index contributed by atoms with van der Waals surface area (Å²) in [6.45, 7) is 0. The number of halogens is 3. The zero-order valence-corrected chi connectivity index (χ0v) is 6.31. The molecule has 0 heterocycles. The van der Waals surface area contributed by atoms with Crippen LogP contribution in [0.3, 0.4) is 0 Å². The van der Waals surface area contributed by atoms with Gasteiger partial charge >= 0.3 is 5.97 Å². The fraction of sp³-hybridized carbons (Fsp3) is 0.833. The van der Waals surface area contributed by atoms with E-state index in [1.807, 2.05) is 0 Å². The molecule has 0 aromatic carbocycles. The molecule has 5 heteroatoms. The third-order valence-corrected chi connectivity index (χ3v) is 2.28. The molecule has 1 aliphatic carbocycles. The maximum Gasteiger partial charge on any atom is 0.324 e. The molecule has 0 saturated heterocycles. The topological polar surface area (TPSA) is 37.3 Å². The number of carboxylic acid groups (broad SMARTS) is 1. The van der Waals surface area contributed by atoms with Gasteiger partial charge in [0.1, 0.15) is 17.2 Å². The van der Waals surface area contributed by atoms with Crippen molar-refractivity contribution in [2.24, 2.45) is 0 Å². The van der Waals surface area contributed by atoms with Crippen LogP contribution in [0.15, 0.2) is 0 Å². The molecule has 0 amide bonds. The summed E-state index contributed by atoms with van der Waals surface area (Å²) < 4.78 is 24.9. The Kier molecular flexibility index (Phi) is 2.05. The standard InChI is InChI=1S/C6H7ClF2O2/c7-6(5(10)11)1-3(8)4(9)2-6/h3-4H,1-2H2,(H,10,11). The fourth-order valence-corrected chi connectivity index (χ4v) is 1.43. The molecule has 2 atom stereocenters. The van der Waals surface area contributed by atoms with Gasteiger partial charge in [-0.15, -0.1) is 11.6 Å². The first-order chi connectivity index (χ1) is 4.96. The fourth-order valence-electron chi connectivity index (χ4n) is 1.13. The van der Waals surface area contributed by atoms with Gasteiger partial charge in [-0.1, -0.05) is 0 Å². The van der Waals surface area contributed by atoms with Gasteiger partial charge < -0.3 is 5.11 Å². The Morgan fingerprint density at radius 3 is 2.00 bits per heavy atom. The Labute approximate surface area is 67.1 Å². The molecule has 2 nitrogen and oxygen atoms in total. The van der Waals surface area contributed by atoms with Gasteiger partial charge in [0.2, 0.25) is 0 Å². The maximum atomic E-state index is 12.4. The molecule has 1 N–H and O–H groups in total. The molecule has 0 bridgehead atoms. The Morgan fingerprint density at radius 2 is 1.82 bits per heavy atom. The largest absolute Gasteiger partial charge is 0.480 e. The summed E-state index contributed by atoms with van der Waals surface area (Å²) in [5.74, 6) is -1.35. The summed E-state index contributed by atoms with van der Waals surface area (Å²) >= 11 is 5.42. The van der Waals surface area contributed by atoms with Crippen LogP contribution in [0.25, 0.3) is 0 Å². The second-order valence-electron chi connectivity index (χ2n) is 2.71. The first kappa shape index (κ1) is 8.71. The van der Waals surface area contributed by atoms with E-state index in [1.54, 1.807) is 0 Å². The number of alkyl halides is 3. The second kappa shape index (κ2) is 2.59. The SMILES string of the molecule is O=C(O)C1(Cl)CC(F)C(F)C1. The van der Waals surface area contributed by atoms with Crippen LogP contribution < -0.4 is 0 Å². The Hall–Kier alpha value is -0.380. The molecule has 1 saturated carbocycles. The third kappa shape index (κ3) is 1.45. The van der Waals surface area contributed by atoms with Crippen LogP contribution in [-0.2, 0) is 4.79 Å². The van der Waals surface area contributed by atoms with Gasteiger partial charge in [-0.05, 0) is 0 Å². The molecule has 1 rings (SSSR count). The first-order valence-electron chi connectivity index (χ1n) is 3.16. The van der Waals surface area contributed by atoms with Gasteiger partial charge in [-0.25, -0.2) is 8.78 Å². The summed E-state index contributed by atoms with van der Waals surface area (Å²) in [5, 5.41) is 8.44. The smallest absolute Gasteiger partial charge is 0.324 e. The quantitative estimate of drug-likeness (QED) is 0.628. The summed E-state index contributed by atoms with van der Waals surface area (Å²) in [4.78, 5) is 8.63. The van der Waals surface area contributed by atoms with E-state index in [0.717, 1.165) is 0 Å². The minimum atomic E-state index is -1.73. The van der Waals surface area contributed by atoms with E-state index in [2.05, 4.69) is 0 Å². The lowest BCUT2D eigenvalue weighted by Gasteiger charge is -2.12. The van der Waals surface area contributed by atoms with E-state index in [4.69, 9.17) is 16.7 Å².